The number of amides is 1. The Morgan fingerprint density at radius 2 is 2.26 bits per heavy atom. The van der Waals surface area contributed by atoms with Gasteiger partial charge in [-0.05, 0) is 12.5 Å². The fourth-order valence-corrected chi connectivity index (χ4v) is 3.22. The lowest BCUT2D eigenvalue weighted by atomic mass is 10.1. The Morgan fingerprint density at radius 3 is 2.93 bits per heavy atom. The normalized spacial score (nSPS) is 17.2. The van der Waals surface area contributed by atoms with Crippen molar-refractivity contribution in [2.75, 3.05) is 31.5 Å². The summed E-state index contributed by atoms with van der Waals surface area (Å²) in [6, 6.07) is 4.71. The Morgan fingerprint density at radius 1 is 1.48 bits per heavy atom. The molecule has 1 saturated heterocycles. The maximum absolute atomic E-state index is 12.6. The van der Waals surface area contributed by atoms with Gasteiger partial charge in [-0.15, -0.1) is 12.4 Å². The number of imidazole rings is 1. The van der Waals surface area contributed by atoms with Crippen molar-refractivity contribution < 1.29 is 9.72 Å². The molecule has 146 valence electrons. The van der Waals surface area contributed by atoms with Crippen LogP contribution in [0.1, 0.15) is 17.4 Å². The van der Waals surface area contributed by atoms with Crippen LogP contribution < -0.4 is 10.6 Å². The molecule has 1 aliphatic rings. The predicted molar refractivity (Wildman–Crippen MR) is 104 cm³/mol. The first kappa shape index (κ1) is 20.8. The minimum Gasteiger partial charge on any atom is -0.337 e. The lowest BCUT2D eigenvalue weighted by Crippen LogP contribution is -2.49. The van der Waals surface area contributed by atoms with Gasteiger partial charge in [-0.3, -0.25) is 19.8 Å². The Bertz CT molecular complexity index is 825. The number of anilines is 1. The summed E-state index contributed by atoms with van der Waals surface area (Å²) in [7, 11) is 1.92. The van der Waals surface area contributed by atoms with E-state index in [-0.39, 0.29) is 42.3 Å². The molecule has 2 aromatic rings. The largest absolute Gasteiger partial charge is 0.337 e. The minimum absolute atomic E-state index is 0. The lowest BCUT2D eigenvalue weighted by molar-refractivity contribution is -0.384. The molecule has 2 N–H and O–H groups in total. The SMILES string of the molecule is Cc1cccc([N+](=O)[O-])c1NC(=O)CN1CCNCC1c1nccn1C.Cl. The maximum atomic E-state index is 12.6. The van der Waals surface area contributed by atoms with E-state index < -0.39 is 4.92 Å². The van der Waals surface area contributed by atoms with Crippen LogP contribution in [0.15, 0.2) is 30.6 Å². The molecule has 1 aliphatic heterocycles. The Labute approximate surface area is 163 Å². The number of carbonyl (C=O) groups excluding carboxylic acids is 1. The molecule has 3 rings (SSSR count). The molecule has 0 bridgehead atoms. The van der Waals surface area contributed by atoms with Crippen molar-refractivity contribution in [3.8, 4) is 0 Å². The zero-order chi connectivity index (χ0) is 18.7. The highest BCUT2D eigenvalue weighted by Gasteiger charge is 2.29. The summed E-state index contributed by atoms with van der Waals surface area (Å²) in [5.41, 5.74) is 0.819. The average Bonchev–Trinajstić information content (AvgIpc) is 3.03. The number of rotatable bonds is 5. The number of hydrogen-bond donors (Lipinski definition) is 2. The topological polar surface area (TPSA) is 105 Å². The third kappa shape index (κ3) is 4.62. The van der Waals surface area contributed by atoms with E-state index in [4.69, 9.17) is 0 Å². The molecule has 10 heteroatoms. The van der Waals surface area contributed by atoms with Gasteiger partial charge in [0.1, 0.15) is 11.5 Å². The van der Waals surface area contributed by atoms with Gasteiger partial charge >= 0.3 is 0 Å². The number of aryl methyl sites for hydroxylation is 2. The van der Waals surface area contributed by atoms with Gasteiger partial charge in [0.25, 0.3) is 5.69 Å². The fraction of sp³-hybridized carbons (Fsp3) is 0.412. The van der Waals surface area contributed by atoms with Crippen LogP contribution >= 0.6 is 12.4 Å². The van der Waals surface area contributed by atoms with Crippen molar-refractivity contribution in [2.24, 2.45) is 7.05 Å². The summed E-state index contributed by atoms with van der Waals surface area (Å²) >= 11 is 0. The molecule has 1 atom stereocenters. The van der Waals surface area contributed by atoms with Gasteiger partial charge in [0, 0.05) is 45.1 Å². The van der Waals surface area contributed by atoms with Crippen LogP contribution in [0.4, 0.5) is 11.4 Å². The van der Waals surface area contributed by atoms with Crippen LogP contribution in [0.2, 0.25) is 0 Å². The van der Waals surface area contributed by atoms with Gasteiger partial charge in [0.05, 0.1) is 17.5 Å². The van der Waals surface area contributed by atoms with E-state index >= 15 is 0 Å². The molecule has 27 heavy (non-hydrogen) atoms. The van der Waals surface area contributed by atoms with Crippen molar-refractivity contribution >= 4 is 29.7 Å². The summed E-state index contributed by atoms with van der Waals surface area (Å²) in [4.78, 5) is 29.8. The summed E-state index contributed by atoms with van der Waals surface area (Å²) in [5.74, 6) is 0.607. The highest BCUT2D eigenvalue weighted by molar-refractivity contribution is 5.95. The van der Waals surface area contributed by atoms with Gasteiger partial charge in [0.2, 0.25) is 5.91 Å². The third-order valence-electron chi connectivity index (χ3n) is 4.57. The zero-order valence-electron chi connectivity index (χ0n) is 15.2. The van der Waals surface area contributed by atoms with Gasteiger partial charge in [-0.2, -0.15) is 0 Å². The number of aromatic nitrogens is 2. The Hall–Kier alpha value is -2.49. The van der Waals surface area contributed by atoms with Gasteiger partial charge in [0.15, 0.2) is 0 Å². The molecule has 9 nitrogen and oxygen atoms in total. The highest BCUT2D eigenvalue weighted by Crippen LogP contribution is 2.28. The number of nitrogens with one attached hydrogen (secondary N) is 2. The molecule has 2 heterocycles. The average molecular weight is 395 g/mol. The second-order valence-electron chi connectivity index (χ2n) is 6.36. The van der Waals surface area contributed by atoms with Crippen molar-refractivity contribution in [2.45, 2.75) is 13.0 Å². The summed E-state index contributed by atoms with van der Waals surface area (Å²) in [5, 5.41) is 17.3. The van der Waals surface area contributed by atoms with E-state index in [1.165, 1.54) is 6.07 Å². The van der Waals surface area contributed by atoms with Crippen LogP contribution in [0.3, 0.4) is 0 Å². The van der Waals surface area contributed by atoms with Gasteiger partial charge < -0.3 is 15.2 Å². The molecule has 1 aromatic heterocycles. The molecule has 0 aliphatic carbocycles. The van der Waals surface area contributed by atoms with E-state index in [0.717, 1.165) is 12.4 Å². The van der Waals surface area contributed by atoms with E-state index in [1.54, 1.807) is 25.3 Å². The predicted octanol–water partition coefficient (Wildman–Crippen LogP) is 1.64. The smallest absolute Gasteiger partial charge is 0.293 e. The first-order valence-electron chi connectivity index (χ1n) is 8.43. The molecular weight excluding hydrogens is 372 g/mol. The number of para-hydroxylation sites is 1. The Balaban J connectivity index is 0.00000261. The van der Waals surface area contributed by atoms with Gasteiger partial charge in [-0.25, -0.2) is 4.98 Å². The first-order valence-corrected chi connectivity index (χ1v) is 8.43. The molecule has 0 radical (unpaired) electrons. The summed E-state index contributed by atoms with van der Waals surface area (Å²) < 4.78 is 1.94. The van der Waals surface area contributed by atoms with E-state index in [0.29, 0.717) is 18.7 Å². The monoisotopic (exact) mass is 394 g/mol. The number of halogens is 1. The number of benzene rings is 1. The molecular formula is C17H23ClN6O3. The van der Waals surface area contributed by atoms with Crippen LogP contribution in [-0.4, -0.2) is 51.5 Å². The molecule has 0 spiro atoms. The van der Waals surface area contributed by atoms with E-state index in [1.807, 2.05) is 22.7 Å². The maximum Gasteiger partial charge on any atom is 0.293 e. The minimum atomic E-state index is -0.482. The molecule has 1 amide bonds. The summed E-state index contributed by atoms with van der Waals surface area (Å²) in [6.45, 7) is 4.05. The Kier molecular flexibility index (Phi) is 6.89. The van der Waals surface area contributed by atoms with Gasteiger partial charge in [-0.1, -0.05) is 12.1 Å². The van der Waals surface area contributed by atoms with Crippen LogP contribution in [0.25, 0.3) is 0 Å². The van der Waals surface area contributed by atoms with E-state index in [9.17, 15) is 14.9 Å². The number of nitro groups is 1. The van der Waals surface area contributed by atoms with Crippen molar-refractivity contribution in [3.63, 3.8) is 0 Å². The third-order valence-corrected chi connectivity index (χ3v) is 4.57. The molecule has 1 fully saturated rings. The zero-order valence-corrected chi connectivity index (χ0v) is 16.0. The quantitative estimate of drug-likeness (QED) is 0.590. The molecule has 1 unspecified atom stereocenters. The standard InChI is InChI=1S/C17H22N6O3.ClH/c1-12-4-3-5-13(23(25)26)16(12)20-15(24)11-22-9-6-18-10-14(22)17-19-7-8-21(17)2;/h3-5,7-8,14,18H,6,9-11H2,1-2H3,(H,20,24);1H. The van der Waals surface area contributed by atoms with Crippen LogP contribution in [0, 0.1) is 17.0 Å². The van der Waals surface area contributed by atoms with Crippen molar-refractivity contribution in [3.05, 3.63) is 52.1 Å². The van der Waals surface area contributed by atoms with Crippen LogP contribution in [-0.2, 0) is 11.8 Å². The lowest BCUT2D eigenvalue weighted by Gasteiger charge is -2.35. The number of nitrogens with zero attached hydrogens (tertiary/aromatic N) is 4. The number of hydrogen-bond acceptors (Lipinski definition) is 6. The second-order valence-corrected chi connectivity index (χ2v) is 6.36. The van der Waals surface area contributed by atoms with Crippen molar-refractivity contribution in [1.82, 2.24) is 19.8 Å². The number of piperazine rings is 1. The number of nitro benzene ring substituents is 1. The number of carbonyl (C=O) groups is 1. The summed E-state index contributed by atoms with van der Waals surface area (Å²) in [6.07, 6.45) is 3.61. The molecule has 1 aromatic carbocycles. The van der Waals surface area contributed by atoms with Crippen LogP contribution in [0.5, 0.6) is 0 Å². The second kappa shape index (κ2) is 8.94. The highest BCUT2D eigenvalue weighted by atomic mass is 35.5. The molecule has 0 saturated carbocycles. The fourth-order valence-electron chi connectivity index (χ4n) is 3.22. The van der Waals surface area contributed by atoms with Crippen molar-refractivity contribution in [1.29, 1.82) is 0 Å². The first-order chi connectivity index (χ1) is 12.5. The van der Waals surface area contributed by atoms with E-state index in [2.05, 4.69) is 15.6 Å².